The van der Waals surface area contributed by atoms with Gasteiger partial charge in [-0.1, -0.05) is 39.0 Å². The molecule has 98 valence electrons. The summed E-state index contributed by atoms with van der Waals surface area (Å²) in [5, 5.41) is 6.01. The third-order valence-corrected chi connectivity index (χ3v) is 4.79. The van der Waals surface area contributed by atoms with Crippen molar-refractivity contribution in [2.45, 2.75) is 58.8 Å². The Bertz CT molecular complexity index is 567. The molecule has 0 aliphatic heterocycles. The third kappa shape index (κ3) is 1.87. The Morgan fingerprint density at radius 2 is 2.00 bits per heavy atom. The minimum Gasteiger partial charge on any atom is -0.222 e. The van der Waals surface area contributed by atoms with Gasteiger partial charge in [-0.25, -0.2) is 9.50 Å². The topological polar surface area (TPSA) is 30.2 Å². The first-order chi connectivity index (χ1) is 8.56. The van der Waals surface area contributed by atoms with Gasteiger partial charge in [0, 0.05) is 18.3 Å². The molecule has 0 saturated heterocycles. The van der Waals surface area contributed by atoms with Crippen LogP contribution in [-0.2, 0) is 6.42 Å². The third-order valence-electron chi connectivity index (χ3n) is 3.86. The first-order valence-corrected chi connectivity index (χ1v) is 7.76. The van der Waals surface area contributed by atoms with E-state index in [-0.39, 0.29) is 0 Å². The zero-order valence-electron chi connectivity index (χ0n) is 11.6. The summed E-state index contributed by atoms with van der Waals surface area (Å²) < 4.78 is 2.12. The van der Waals surface area contributed by atoms with Crippen LogP contribution in [0.15, 0.2) is 0 Å². The van der Waals surface area contributed by atoms with Crippen molar-refractivity contribution in [1.29, 1.82) is 0 Å². The summed E-state index contributed by atoms with van der Waals surface area (Å²) in [6.07, 6.45) is 3.59. The number of hydrogen-bond donors (Lipinski definition) is 0. The lowest BCUT2D eigenvalue weighted by atomic mass is 9.85. The molecular formula is C14H21N3S. The van der Waals surface area contributed by atoms with Gasteiger partial charge in [0.15, 0.2) is 0 Å². The van der Waals surface area contributed by atoms with Gasteiger partial charge in [0.25, 0.3) is 0 Å². The van der Waals surface area contributed by atoms with Gasteiger partial charge in [-0.15, -0.1) is 0 Å². The minimum atomic E-state index is 0.596. The molecule has 0 radical (unpaired) electrons. The lowest BCUT2D eigenvalue weighted by Gasteiger charge is -2.22. The second-order valence-corrected chi connectivity index (χ2v) is 7.09. The molecule has 0 amide bonds. The van der Waals surface area contributed by atoms with Crippen molar-refractivity contribution >= 4 is 16.3 Å². The molecule has 1 aliphatic carbocycles. The smallest absolute Gasteiger partial charge is 0.212 e. The van der Waals surface area contributed by atoms with Crippen LogP contribution < -0.4 is 0 Å². The normalized spacial score (nSPS) is 23.8. The van der Waals surface area contributed by atoms with Gasteiger partial charge in [-0.3, -0.25) is 0 Å². The summed E-state index contributed by atoms with van der Waals surface area (Å²) in [7, 11) is 0. The number of imidazole rings is 1. The Labute approximate surface area is 112 Å². The molecule has 0 N–H and O–H groups in total. The monoisotopic (exact) mass is 263 g/mol. The van der Waals surface area contributed by atoms with Gasteiger partial charge in [0.05, 0.1) is 11.4 Å². The molecule has 2 aromatic heterocycles. The first kappa shape index (κ1) is 12.2. The summed E-state index contributed by atoms with van der Waals surface area (Å²) in [4.78, 5) is 5.93. The largest absolute Gasteiger partial charge is 0.222 e. The molecule has 2 unspecified atom stereocenters. The highest BCUT2D eigenvalue weighted by molar-refractivity contribution is 7.16. The second-order valence-electron chi connectivity index (χ2n) is 6.05. The van der Waals surface area contributed by atoms with Gasteiger partial charge >= 0.3 is 0 Å². The van der Waals surface area contributed by atoms with E-state index < -0.39 is 0 Å². The van der Waals surface area contributed by atoms with Crippen LogP contribution in [0.1, 0.15) is 68.8 Å². The standard InChI is InChI=1S/C14H21N3S/c1-8(2)7-11-16-17-13-10(4)6-5-9(3)12(13)15-14(17)18-11/h8-10H,5-7H2,1-4H3. The first-order valence-electron chi connectivity index (χ1n) is 6.94. The predicted octanol–water partition coefficient (Wildman–Crippen LogP) is 3.99. The van der Waals surface area contributed by atoms with Crippen LogP contribution in [-0.4, -0.2) is 14.6 Å². The van der Waals surface area contributed by atoms with Gasteiger partial charge in [-0.05, 0) is 18.8 Å². The van der Waals surface area contributed by atoms with Gasteiger partial charge in [-0.2, -0.15) is 5.10 Å². The molecule has 0 aromatic carbocycles. The zero-order chi connectivity index (χ0) is 12.9. The fraction of sp³-hybridized carbons (Fsp3) is 0.714. The maximum absolute atomic E-state index is 4.83. The van der Waals surface area contributed by atoms with Crippen LogP contribution in [0.3, 0.4) is 0 Å². The van der Waals surface area contributed by atoms with Crippen LogP contribution in [0.2, 0.25) is 0 Å². The number of fused-ring (bicyclic) bond motifs is 3. The molecule has 0 fully saturated rings. The van der Waals surface area contributed by atoms with Crippen LogP contribution in [0.5, 0.6) is 0 Å². The van der Waals surface area contributed by atoms with Crippen molar-refractivity contribution in [3.63, 3.8) is 0 Å². The van der Waals surface area contributed by atoms with E-state index in [1.54, 1.807) is 11.3 Å². The highest BCUT2D eigenvalue weighted by atomic mass is 32.1. The number of hydrogen-bond acceptors (Lipinski definition) is 3. The molecule has 2 heterocycles. The quantitative estimate of drug-likeness (QED) is 0.820. The van der Waals surface area contributed by atoms with Crippen molar-refractivity contribution in [1.82, 2.24) is 14.6 Å². The molecule has 2 aromatic rings. The highest BCUT2D eigenvalue weighted by Gasteiger charge is 2.28. The van der Waals surface area contributed by atoms with E-state index in [4.69, 9.17) is 10.1 Å². The average molecular weight is 263 g/mol. The van der Waals surface area contributed by atoms with E-state index in [1.807, 2.05) is 0 Å². The van der Waals surface area contributed by atoms with Crippen molar-refractivity contribution in [3.05, 3.63) is 16.4 Å². The number of rotatable bonds is 2. The fourth-order valence-corrected chi connectivity index (χ4v) is 3.97. The van der Waals surface area contributed by atoms with E-state index in [2.05, 4.69) is 32.2 Å². The molecular weight excluding hydrogens is 242 g/mol. The van der Waals surface area contributed by atoms with E-state index in [0.717, 1.165) is 11.4 Å². The summed E-state index contributed by atoms with van der Waals surface area (Å²) in [6, 6.07) is 0. The van der Waals surface area contributed by atoms with E-state index in [0.29, 0.717) is 17.8 Å². The average Bonchev–Trinajstić information content (AvgIpc) is 2.79. The maximum Gasteiger partial charge on any atom is 0.212 e. The lowest BCUT2D eigenvalue weighted by Crippen LogP contribution is -2.12. The maximum atomic E-state index is 4.83. The molecule has 4 heteroatoms. The van der Waals surface area contributed by atoms with Crippen molar-refractivity contribution < 1.29 is 0 Å². The van der Waals surface area contributed by atoms with E-state index >= 15 is 0 Å². The number of nitrogens with zero attached hydrogens (tertiary/aromatic N) is 3. The van der Waals surface area contributed by atoms with Crippen LogP contribution in [0.25, 0.3) is 4.96 Å². The minimum absolute atomic E-state index is 0.596. The summed E-state index contributed by atoms with van der Waals surface area (Å²) in [5.74, 6) is 1.85. The SMILES string of the molecule is CC(C)Cc1nn2c3c(nc2s1)C(C)CCC3C. The molecule has 2 atom stereocenters. The van der Waals surface area contributed by atoms with Gasteiger partial charge < -0.3 is 0 Å². The van der Waals surface area contributed by atoms with Crippen molar-refractivity contribution in [2.75, 3.05) is 0 Å². The van der Waals surface area contributed by atoms with E-state index in [9.17, 15) is 0 Å². The predicted molar refractivity (Wildman–Crippen MR) is 75.5 cm³/mol. The summed E-state index contributed by atoms with van der Waals surface area (Å²) in [5.41, 5.74) is 2.67. The van der Waals surface area contributed by atoms with E-state index in [1.165, 1.54) is 29.2 Å². The fourth-order valence-electron chi connectivity index (χ4n) is 2.85. The van der Waals surface area contributed by atoms with Crippen LogP contribution >= 0.6 is 11.3 Å². The Morgan fingerprint density at radius 1 is 1.28 bits per heavy atom. The summed E-state index contributed by atoms with van der Waals surface area (Å²) >= 11 is 1.76. The second kappa shape index (κ2) is 4.34. The molecule has 0 saturated carbocycles. The highest BCUT2D eigenvalue weighted by Crippen LogP contribution is 2.39. The Kier molecular flexibility index (Phi) is 2.93. The molecule has 0 bridgehead atoms. The lowest BCUT2D eigenvalue weighted by molar-refractivity contribution is 0.502. The van der Waals surface area contributed by atoms with Crippen molar-refractivity contribution in [2.24, 2.45) is 5.92 Å². The van der Waals surface area contributed by atoms with Crippen molar-refractivity contribution in [3.8, 4) is 0 Å². The molecule has 1 aliphatic rings. The zero-order valence-corrected chi connectivity index (χ0v) is 12.4. The van der Waals surface area contributed by atoms with Crippen LogP contribution in [0.4, 0.5) is 0 Å². The Morgan fingerprint density at radius 3 is 2.72 bits per heavy atom. The number of aromatic nitrogens is 3. The van der Waals surface area contributed by atoms with Crippen LogP contribution in [0, 0.1) is 5.92 Å². The molecule has 3 nitrogen and oxygen atoms in total. The Balaban J connectivity index is 2.09. The summed E-state index contributed by atoms with van der Waals surface area (Å²) in [6.45, 7) is 9.08. The molecule has 18 heavy (non-hydrogen) atoms. The van der Waals surface area contributed by atoms with Gasteiger partial charge in [0.1, 0.15) is 5.01 Å². The molecule has 0 spiro atoms. The Hall–Kier alpha value is -0.900. The van der Waals surface area contributed by atoms with Gasteiger partial charge in [0.2, 0.25) is 4.96 Å². The molecule has 3 rings (SSSR count).